The van der Waals surface area contributed by atoms with Crippen molar-refractivity contribution < 1.29 is 52.9 Å². The van der Waals surface area contributed by atoms with E-state index in [1.54, 1.807) is 12.1 Å². The van der Waals surface area contributed by atoms with Crippen LogP contribution in [0.2, 0.25) is 0 Å². The van der Waals surface area contributed by atoms with E-state index in [0.29, 0.717) is 51.7 Å². The van der Waals surface area contributed by atoms with Crippen LogP contribution in [0.15, 0.2) is 42.5 Å². The van der Waals surface area contributed by atoms with E-state index < -0.39 is 30.0 Å². The van der Waals surface area contributed by atoms with Crippen molar-refractivity contribution in [3.8, 4) is 0 Å². The predicted octanol–water partition coefficient (Wildman–Crippen LogP) is -0.0456. The van der Waals surface area contributed by atoms with Crippen LogP contribution in [0.5, 0.6) is 0 Å². The summed E-state index contributed by atoms with van der Waals surface area (Å²) in [4.78, 5) is 96.5. The Hall–Kier alpha value is -4.80. The second-order valence-corrected chi connectivity index (χ2v) is 12.6. The van der Waals surface area contributed by atoms with E-state index in [2.05, 4.69) is 26.6 Å². The largest absolute Gasteiger partial charge is 0.379 e. The molecular weight excluding hydrogens is 690 g/mol. The molecule has 2 unspecified atom stereocenters. The third kappa shape index (κ3) is 20.7. The molecule has 0 saturated carbocycles. The molecule has 1 aliphatic rings. The molecule has 0 heterocycles. The Morgan fingerprint density at radius 3 is 2.00 bits per heavy atom. The number of nitrogens with one attached hydrogen (secondary N) is 5. The number of Topliss-reactive ketones (excluding diaryl/α,β-unsaturated/α-hetero) is 1. The Balaban J connectivity index is 1.47. The highest BCUT2D eigenvalue weighted by molar-refractivity contribution is 6.18. The van der Waals surface area contributed by atoms with Crippen LogP contribution in [0.4, 0.5) is 0 Å². The zero-order chi connectivity index (χ0) is 38.8. The normalized spacial score (nSPS) is 13.6. The first-order valence-electron chi connectivity index (χ1n) is 18.0. The van der Waals surface area contributed by atoms with Gasteiger partial charge in [-0.25, -0.2) is 0 Å². The lowest BCUT2D eigenvalue weighted by molar-refractivity contribution is -0.131. The molecule has 0 bridgehead atoms. The Morgan fingerprint density at radius 2 is 1.30 bits per heavy atom. The van der Waals surface area contributed by atoms with Crippen LogP contribution in [0, 0.1) is 5.92 Å². The summed E-state index contributed by atoms with van der Waals surface area (Å²) in [6.45, 7) is 2.15. The van der Waals surface area contributed by atoms with E-state index in [-0.39, 0.29) is 93.7 Å². The number of aliphatic hydroxyl groups is 1. The number of unbranched alkanes of at least 4 members (excludes halogenated alkanes) is 2. The lowest BCUT2D eigenvalue weighted by Crippen LogP contribution is -2.50. The van der Waals surface area contributed by atoms with Gasteiger partial charge in [-0.2, -0.15) is 0 Å². The molecule has 16 heteroatoms. The molecule has 53 heavy (non-hydrogen) atoms. The maximum Gasteiger partial charge on any atom is 0.243 e. The van der Waals surface area contributed by atoms with Crippen LogP contribution in [-0.2, 0) is 54.3 Å². The highest BCUT2D eigenvalue weighted by Crippen LogP contribution is 2.18. The number of amides is 5. The van der Waals surface area contributed by atoms with Gasteiger partial charge >= 0.3 is 0 Å². The van der Waals surface area contributed by atoms with Gasteiger partial charge in [0.1, 0.15) is 12.3 Å². The van der Waals surface area contributed by atoms with Gasteiger partial charge in [0, 0.05) is 38.6 Å². The molecule has 0 aromatic heterocycles. The Bertz CT molecular complexity index is 1380. The molecule has 6 N–H and O–H groups in total. The molecular formula is C37H53N5O11. The van der Waals surface area contributed by atoms with Crippen LogP contribution in [0.3, 0.4) is 0 Å². The van der Waals surface area contributed by atoms with Gasteiger partial charge in [0.2, 0.25) is 29.5 Å². The average Bonchev–Trinajstić information content (AvgIpc) is 3.44. The van der Waals surface area contributed by atoms with E-state index in [4.69, 9.17) is 9.47 Å². The molecule has 0 saturated heterocycles. The molecule has 16 nitrogen and oxygen atoms in total. The van der Waals surface area contributed by atoms with E-state index >= 15 is 0 Å². The van der Waals surface area contributed by atoms with Crippen molar-refractivity contribution in [3.63, 3.8) is 0 Å². The molecule has 1 aliphatic carbocycles. The molecule has 2 atom stereocenters. The molecule has 0 radical (unpaired) electrons. The van der Waals surface area contributed by atoms with E-state index in [1.165, 1.54) is 19.1 Å². The third-order valence-electron chi connectivity index (χ3n) is 7.98. The Morgan fingerprint density at radius 1 is 0.679 bits per heavy atom. The second-order valence-electron chi connectivity index (χ2n) is 12.6. The monoisotopic (exact) mass is 743 g/mol. The van der Waals surface area contributed by atoms with Gasteiger partial charge in [-0.15, -0.1) is 0 Å². The van der Waals surface area contributed by atoms with Gasteiger partial charge in [-0.05, 0) is 50.3 Å². The summed E-state index contributed by atoms with van der Waals surface area (Å²) in [5.74, 6) is -3.10. The summed E-state index contributed by atoms with van der Waals surface area (Å²) in [7, 11) is 0. The number of benzene rings is 1. The summed E-state index contributed by atoms with van der Waals surface area (Å²) in [6.07, 6.45) is 4.79. The topological polar surface area (TPSA) is 235 Å². The molecule has 0 spiro atoms. The van der Waals surface area contributed by atoms with Crippen molar-refractivity contribution in [1.29, 1.82) is 0 Å². The molecule has 1 aromatic carbocycles. The average molecular weight is 744 g/mol. The number of carbonyl (C=O) groups is 8. The Kier molecular flexibility index (Phi) is 21.8. The standard InChI is InChI=1S/C37H53N5O11/c1-26(43)41-36(50)25-40-37(51)30(23-27-9-3-2-4-10-27)42-35(49)14-7-5-11-28(44)24-39-34(48)17-19-52-21-22-53-20-18-38-33(47)13-8-6-12-29-31(45)15-16-32(29)46/h2-4,9-10,15-16,26,29-30,43H,5-8,11-14,17-25H2,1H3,(H,38,47)(H,39,48)(H,40,51)(H,41,50)(H,42,49). The smallest absolute Gasteiger partial charge is 0.243 e. The number of hydrogen-bond acceptors (Lipinski definition) is 11. The number of ketones is 3. The zero-order valence-corrected chi connectivity index (χ0v) is 30.3. The van der Waals surface area contributed by atoms with Crippen molar-refractivity contribution in [1.82, 2.24) is 26.6 Å². The van der Waals surface area contributed by atoms with Crippen LogP contribution < -0.4 is 26.6 Å². The SMILES string of the molecule is CC(O)NC(=O)CNC(=O)C(Cc1ccccc1)NC(=O)CCCCC(=O)CNC(=O)CCOCCOCCNC(=O)CCCCC1C(=O)C=CC1=O. The Labute approximate surface area is 309 Å². The summed E-state index contributed by atoms with van der Waals surface area (Å²) >= 11 is 0. The number of allylic oxidation sites excluding steroid dienone is 2. The summed E-state index contributed by atoms with van der Waals surface area (Å²) < 4.78 is 10.8. The molecule has 5 amide bonds. The highest BCUT2D eigenvalue weighted by atomic mass is 16.5. The number of aliphatic hydroxyl groups excluding tert-OH is 1. The number of hydrogen-bond donors (Lipinski definition) is 6. The van der Waals surface area contributed by atoms with Crippen molar-refractivity contribution in [3.05, 3.63) is 48.0 Å². The van der Waals surface area contributed by atoms with Crippen molar-refractivity contribution in [2.45, 2.75) is 83.4 Å². The van der Waals surface area contributed by atoms with Crippen LogP contribution in [0.25, 0.3) is 0 Å². The maximum absolute atomic E-state index is 12.8. The van der Waals surface area contributed by atoms with Crippen LogP contribution in [0.1, 0.15) is 70.3 Å². The highest BCUT2D eigenvalue weighted by Gasteiger charge is 2.27. The quantitative estimate of drug-likeness (QED) is 0.0378. The lowest BCUT2D eigenvalue weighted by Gasteiger charge is -2.19. The van der Waals surface area contributed by atoms with Gasteiger partial charge in [0.25, 0.3) is 0 Å². The maximum atomic E-state index is 12.8. The molecule has 2 rings (SSSR count). The minimum atomic E-state index is -1.07. The van der Waals surface area contributed by atoms with E-state index in [9.17, 15) is 43.5 Å². The van der Waals surface area contributed by atoms with Crippen molar-refractivity contribution in [2.24, 2.45) is 5.92 Å². The predicted molar refractivity (Wildman–Crippen MR) is 192 cm³/mol. The van der Waals surface area contributed by atoms with Gasteiger partial charge in [0.05, 0.1) is 45.4 Å². The van der Waals surface area contributed by atoms with Gasteiger partial charge < -0.3 is 41.2 Å². The number of rotatable bonds is 28. The molecule has 0 fully saturated rings. The first-order chi connectivity index (χ1) is 25.4. The fourth-order valence-corrected chi connectivity index (χ4v) is 5.18. The summed E-state index contributed by atoms with van der Waals surface area (Å²) in [6, 6.07) is 8.13. The molecule has 0 aliphatic heterocycles. The second kappa shape index (κ2) is 26.0. The van der Waals surface area contributed by atoms with Crippen molar-refractivity contribution >= 4 is 46.9 Å². The van der Waals surface area contributed by atoms with E-state index in [0.717, 1.165) is 5.56 Å². The minimum Gasteiger partial charge on any atom is -0.379 e. The summed E-state index contributed by atoms with van der Waals surface area (Å²) in [5.41, 5.74) is 0.809. The minimum absolute atomic E-state index is 0.0616. The third-order valence-corrected chi connectivity index (χ3v) is 7.98. The zero-order valence-electron chi connectivity index (χ0n) is 30.3. The van der Waals surface area contributed by atoms with Crippen LogP contribution >= 0.6 is 0 Å². The van der Waals surface area contributed by atoms with Gasteiger partial charge in [-0.1, -0.05) is 36.8 Å². The number of carbonyl (C=O) groups excluding carboxylic acids is 8. The number of ether oxygens (including phenoxy) is 2. The fraction of sp³-hybridized carbons (Fsp3) is 0.568. The first kappa shape index (κ1) is 44.4. The van der Waals surface area contributed by atoms with Crippen molar-refractivity contribution in [2.75, 3.05) is 46.1 Å². The van der Waals surface area contributed by atoms with Crippen LogP contribution in [-0.4, -0.2) is 110 Å². The lowest BCUT2D eigenvalue weighted by atomic mass is 9.97. The molecule has 292 valence electrons. The summed E-state index contributed by atoms with van der Waals surface area (Å²) in [5, 5.41) is 22.0. The molecule has 1 aromatic rings. The van der Waals surface area contributed by atoms with Gasteiger partial charge in [-0.3, -0.25) is 38.4 Å². The van der Waals surface area contributed by atoms with Gasteiger partial charge in [0.15, 0.2) is 17.3 Å². The first-order valence-corrected chi connectivity index (χ1v) is 18.0. The van der Waals surface area contributed by atoms with E-state index in [1.807, 2.05) is 18.2 Å². The fourth-order valence-electron chi connectivity index (χ4n) is 5.18.